The molecule has 1 fully saturated rings. The first-order valence-electron chi connectivity index (χ1n) is 10.9. The lowest BCUT2D eigenvalue weighted by Crippen LogP contribution is -2.47. The Hall–Kier alpha value is -3.14. The van der Waals surface area contributed by atoms with Gasteiger partial charge >= 0.3 is 12.3 Å². The Labute approximate surface area is 193 Å². The highest BCUT2D eigenvalue weighted by Crippen LogP contribution is 2.39. The molecule has 10 heteroatoms. The molecule has 1 aliphatic heterocycles. The number of alkyl halides is 3. The maximum Gasteiger partial charge on any atom is 0.416 e. The third-order valence-electron chi connectivity index (χ3n) is 6.69. The molecule has 1 N–H and O–H groups in total. The Bertz CT molecular complexity index is 1180. The van der Waals surface area contributed by atoms with E-state index in [9.17, 15) is 27.5 Å². The quantitative estimate of drug-likeness (QED) is 0.490. The van der Waals surface area contributed by atoms with Crippen molar-refractivity contribution < 1.29 is 32.2 Å². The highest BCUT2D eigenvalue weighted by atomic mass is 19.4. The molecule has 6 nitrogen and oxygen atoms in total. The second-order valence-electron chi connectivity index (χ2n) is 8.78. The van der Waals surface area contributed by atoms with Crippen LogP contribution in [0, 0.1) is 5.82 Å². The van der Waals surface area contributed by atoms with Crippen LogP contribution in [0.3, 0.4) is 0 Å². The van der Waals surface area contributed by atoms with Crippen molar-refractivity contribution in [2.24, 2.45) is 7.05 Å². The van der Waals surface area contributed by atoms with Crippen LogP contribution in [0.5, 0.6) is 0 Å². The molecule has 1 amide bonds. The zero-order valence-electron chi connectivity index (χ0n) is 18.8. The lowest BCUT2D eigenvalue weighted by atomic mass is 9.73. The second kappa shape index (κ2) is 8.90. The number of hydrogen-bond acceptors (Lipinski definition) is 3. The molecule has 0 bridgehead atoms. The van der Waals surface area contributed by atoms with E-state index >= 15 is 0 Å². The van der Waals surface area contributed by atoms with E-state index in [2.05, 4.69) is 5.10 Å². The van der Waals surface area contributed by atoms with E-state index in [1.807, 2.05) is 0 Å². The van der Waals surface area contributed by atoms with Gasteiger partial charge in [0.1, 0.15) is 5.82 Å². The minimum atomic E-state index is -4.52. The lowest BCUT2D eigenvalue weighted by molar-refractivity contribution is -0.137. The predicted octanol–water partition coefficient (Wildman–Crippen LogP) is 5.52. The molecule has 182 valence electrons. The molecule has 0 spiro atoms. The molecule has 0 aliphatic carbocycles. The lowest BCUT2D eigenvalue weighted by Gasteiger charge is -2.41. The number of aromatic nitrogens is 2. The Kier molecular flexibility index (Phi) is 6.28. The second-order valence-corrected chi connectivity index (χ2v) is 8.78. The zero-order chi connectivity index (χ0) is 24.7. The van der Waals surface area contributed by atoms with E-state index in [1.165, 1.54) is 27.9 Å². The van der Waals surface area contributed by atoms with Crippen LogP contribution in [0.4, 0.5) is 22.4 Å². The first-order chi connectivity index (χ1) is 16.0. The Morgan fingerprint density at radius 2 is 1.85 bits per heavy atom. The average Bonchev–Trinajstić information content (AvgIpc) is 3.18. The number of halogens is 4. The van der Waals surface area contributed by atoms with Gasteiger partial charge in [-0.1, -0.05) is 12.1 Å². The molecule has 1 aromatic heterocycles. The largest absolute Gasteiger partial charge is 0.465 e. The zero-order valence-corrected chi connectivity index (χ0v) is 18.8. The summed E-state index contributed by atoms with van der Waals surface area (Å²) in [5.74, 6) is -0.390. The van der Waals surface area contributed by atoms with Crippen molar-refractivity contribution in [3.8, 4) is 0 Å². The normalized spacial score (nSPS) is 17.2. The van der Waals surface area contributed by atoms with Crippen molar-refractivity contribution in [1.82, 2.24) is 14.7 Å². The standard InChI is InChI=1S/C24H25F4N3O3/c1-15(20-12-18(24(26,27)28)11-16-13-29-30(2)21(16)20)34-14-23(17-3-5-19(25)6-4-17)7-9-31(10-8-23)22(32)33/h3-6,11-13,15H,7-10,14H2,1-2H3,(H,32,33). The fourth-order valence-electron chi connectivity index (χ4n) is 4.65. The first kappa shape index (κ1) is 24.0. The molecule has 1 atom stereocenters. The van der Waals surface area contributed by atoms with Gasteiger partial charge in [0.05, 0.1) is 30.0 Å². The number of piperidine rings is 1. The van der Waals surface area contributed by atoms with Gasteiger partial charge in [-0.3, -0.25) is 4.68 Å². The van der Waals surface area contributed by atoms with Crippen molar-refractivity contribution in [2.45, 2.75) is 37.5 Å². The van der Waals surface area contributed by atoms with Crippen molar-refractivity contribution in [1.29, 1.82) is 0 Å². The average molecular weight is 479 g/mol. The summed E-state index contributed by atoms with van der Waals surface area (Å²) in [6.45, 7) is 2.38. The van der Waals surface area contributed by atoms with Crippen molar-refractivity contribution in [2.75, 3.05) is 19.7 Å². The van der Waals surface area contributed by atoms with Gasteiger partial charge in [-0.25, -0.2) is 9.18 Å². The summed E-state index contributed by atoms with van der Waals surface area (Å²) in [5.41, 5.74) is 0.350. The topological polar surface area (TPSA) is 67.6 Å². The molecule has 2 aromatic carbocycles. The van der Waals surface area contributed by atoms with Crippen LogP contribution in [0.1, 0.15) is 42.6 Å². The van der Waals surface area contributed by atoms with E-state index in [-0.39, 0.29) is 19.7 Å². The van der Waals surface area contributed by atoms with Crippen LogP contribution in [0.2, 0.25) is 0 Å². The maximum atomic E-state index is 13.6. The SMILES string of the molecule is CC(OCC1(c2ccc(F)cc2)CCN(C(=O)O)CC1)c1cc(C(F)(F)F)cc2cnn(C)c12. The van der Waals surface area contributed by atoms with Gasteiger partial charge in [-0.05, 0) is 49.6 Å². The summed E-state index contributed by atoms with van der Waals surface area (Å²) < 4.78 is 61.8. The third-order valence-corrected chi connectivity index (χ3v) is 6.69. The maximum absolute atomic E-state index is 13.6. The minimum absolute atomic E-state index is 0.142. The van der Waals surface area contributed by atoms with Crippen molar-refractivity contribution in [3.63, 3.8) is 0 Å². The van der Waals surface area contributed by atoms with Crippen LogP contribution in [0.25, 0.3) is 10.9 Å². The van der Waals surface area contributed by atoms with Crippen LogP contribution in [-0.2, 0) is 23.4 Å². The van der Waals surface area contributed by atoms with Gasteiger partial charge in [0.25, 0.3) is 0 Å². The van der Waals surface area contributed by atoms with Gasteiger partial charge < -0.3 is 14.7 Å². The van der Waals surface area contributed by atoms with Crippen molar-refractivity contribution in [3.05, 3.63) is 65.1 Å². The number of benzene rings is 2. The number of carbonyl (C=O) groups is 1. The molecular formula is C24H25F4N3O3. The molecular weight excluding hydrogens is 454 g/mol. The number of ether oxygens (including phenoxy) is 1. The molecule has 0 radical (unpaired) electrons. The van der Waals surface area contributed by atoms with Gasteiger partial charge in [-0.2, -0.15) is 18.3 Å². The molecule has 4 rings (SSSR count). The summed E-state index contributed by atoms with van der Waals surface area (Å²) in [7, 11) is 1.66. The molecule has 2 heterocycles. The number of hydrogen-bond donors (Lipinski definition) is 1. The Balaban J connectivity index is 1.64. The Morgan fingerprint density at radius 1 is 1.21 bits per heavy atom. The van der Waals surface area contributed by atoms with Gasteiger partial charge in [0, 0.05) is 36.5 Å². The number of carboxylic acid groups (broad SMARTS) is 1. The third kappa shape index (κ3) is 4.59. The number of amides is 1. The fraction of sp³-hybridized carbons (Fsp3) is 0.417. The monoisotopic (exact) mass is 479 g/mol. The number of nitrogens with zero attached hydrogens (tertiary/aromatic N) is 3. The summed E-state index contributed by atoms with van der Waals surface area (Å²) in [6.07, 6.45) is -3.94. The van der Waals surface area contributed by atoms with Crippen LogP contribution >= 0.6 is 0 Å². The van der Waals surface area contributed by atoms with Crippen LogP contribution < -0.4 is 0 Å². The molecule has 0 saturated carbocycles. The smallest absolute Gasteiger partial charge is 0.416 e. The molecule has 1 unspecified atom stereocenters. The highest BCUT2D eigenvalue weighted by Gasteiger charge is 2.39. The summed E-state index contributed by atoms with van der Waals surface area (Å²) >= 11 is 0. The number of fused-ring (bicyclic) bond motifs is 1. The molecule has 1 aliphatic rings. The summed E-state index contributed by atoms with van der Waals surface area (Å²) in [5, 5.41) is 13.8. The van der Waals surface area contributed by atoms with Gasteiger partial charge in [0.15, 0.2) is 0 Å². The highest BCUT2D eigenvalue weighted by molar-refractivity contribution is 5.83. The van der Waals surface area contributed by atoms with Crippen LogP contribution in [-0.4, -0.2) is 45.6 Å². The van der Waals surface area contributed by atoms with Gasteiger partial charge in [0.2, 0.25) is 0 Å². The molecule has 1 saturated heterocycles. The summed E-state index contributed by atoms with van der Waals surface area (Å²) in [6, 6.07) is 8.16. The minimum Gasteiger partial charge on any atom is -0.465 e. The Morgan fingerprint density at radius 3 is 2.44 bits per heavy atom. The number of likely N-dealkylation sites (tertiary alicyclic amines) is 1. The fourth-order valence-corrected chi connectivity index (χ4v) is 4.65. The van der Waals surface area contributed by atoms with E-state index in [0.29, 0.717) is 29.3 Å². The molecule has 34 heavy (non-hydrogen) atoms. The van der Waals surface area contributed by atoms with Gasteiger partial charge in [-0.15, -0.1) is 0 Å². The van der Waals surface area contributed by atoms with E-state index in [1.54, 1.807) is 26.1 Å². The van der Waals surface area contributed by atoms with E-state index < -0.39 is 35.2 Å². The van der Waals surface area contributed by atoms with Crippen molar-refractivity contribution >= 4 is 17.0 Å². The number of aryl methyl sites for hydroxylation is 1. The molecule has 3 aromatic rings. The summed E-state index contributed by atoms with van der Waals surface area (Å²) in [4.78, 5) is 12.7. The van der Waals surface area contributed by atoms with E-state index in [4.69, 9.17) is 4.74 Å². The van der Waals surface area contributed by atoms with E-state index in [0.717, 1.165) is 17.7 Å². The predicted molar refractivity (Wildman–Crippen MR) is 117 cm³/mol. The van der Waals surface area contributed by atoms with Crippen LogP contribution in [0.15, 0.2) is 42.6 Å². The first-order valence-corrected chi connectivity index (χ1v) is 10.9. The number of rotatable bonds is 5.